The first-order chi connectivity index (χ1) is 9.27. The number of hydrogen-bond acceptors (Lipinski definition) is 5. The average molecular weight is 344 g/mol. The van der Waals surface area contributed by atoms with Crippen LogP contribution in [-0.4, -0.2) is 27.9 Å². The summed E-state index contributed by atoms with van der Waals surface area (Å²) in [5.74, 6) is 0.118. The van der Waals surface area contributed by atoms with Crippen LogP contribution in [0.5, 0.6) is 5.75 Å². The predicted octanol–water partition coefficient (Wildman–Crippen LogP) is 1.78. The highest BCUT2D eigenvalue weighted by molar-refractivity contribution is 9.09. The maximum absolute atomic E-state index is 12.1. The number of halogens is 1. The topological polar surface area (TPSA) is 98.7 Å². The van der Waals surface area contributed by atoms with Crippen molar-refractivity contribution in [2.45, 2.75) is 25.6 Å². The first-order valence-corrected chi connectivity index (χ1v) is 7.01. The molecule has 0 saturated carbocycles. The first kappa shape index (κ1) is 14.7. The fraction of sp³-hybridized carbons (Fsp3) is 0.417. The van der Waals surface area contributed by atoms with Crippen molar-refractivity contribution in [2.24, 2.45) is 5.73 Å². The molecule has 108 valence electrons. The maximum Gasteiger partial charge on any atom is 0.271 e. The molecule has 1 aromatic carbocycles. The van der Waals surface area contributed by atoms with Gasteiger partial charge in [0.15, 0.2) is 0 Å². The molecule has 1 atom stereocenters. The Morgan fingerprint density at radius 3 is 2.80 bits per heavy atom. The number of carbonyl (C=O) groups is 1. The molecule has 0 fully saturated rings. The van der Waals surface area contributed by atoms with Crippen molar-refractivity contribution < 1.29 is 14.5 Å². The highest BCUT2D eigenvalue weighted by Gasteiger charge is 2.42. The molecule has 20 heavy (non-hydrogen) atoms. The lowest BCUT2D eigenvalue weighted by Crippen LogP contribution is -2.62. The van der Waals surface area contributed by atoms with Crippen LogP contribution < -0.4 is 15.4 Å². The largest absolute Gasteiger partial charge is 0.482 e. The zero-order valence-corrected chi connectivity index (χ0v) is 12.6. The molecule has 2 N–H and O–H groups in total. The quantitative estimate of drug-likeness (QED) is 0.501. The number of nitro groups is 1. The van der Waals surface area contributed by atoms with Crippen LogP contribution in [0.1, 0.15) is 13.8 Å². The summed E-state index contributed by atoms with van der Waals surface area (Å²) >= 11 is 3.09. The van der Waals surface area contributed by atoms with Crippen LogP contribution >= 0.6 is 15.9 Å². The molecule has 0 saturated heterocycles. The lowest BCUT2D eigenvalue weighted by atomic mass is 10.0. The zero-order chi connectivity index (χ0) is 15.1. The number of non-ortho nitro benzene ring substituents is 1. The Bertz CT molecular complexity index is 576. The number of rotatable bonds is 2. The van der Waals surface area contributed by atoms with Crippen LogP contribution in [0.3, 0.4) is 0 Å². The Morgan fingerprint density at radius 2 is 2.25 bits per heavy atom. The van der Waals surface area contributed by atoms with Crippen molar-refractivity contribution in [2.75, 3.05) is 10.2 Å². The summed E-state index contributed by atoms with van der Waals surface area (Å²) in [7, 11) is 0. The zero-order valence-electron chi connectivity index (χ0n) is 11.0. The van der Waals surface area contributed by atoms with Gasteiger partial charge >= 0.3 is 0 Å². The Labute approximate surface area is 124 Å². The van der Waals surface area contributed by atoms with E-state index in [9.17, 15) is 14.9 Å². The number of carbonyl (C=O) groups excluding carboxylic acids is 1. The van der Waals surface area contributed by atoms with Crippen LogP contribution in [0.25, 0.3) is 0 Å². The van der Waals surface area contributed by atoms with E-state index in [1.165, 1.54) is 23.1 Å². The van der Waals surface area contributed by atoms with Gasteiger partial charge in [0.2, 0.25) is 5.91 Å². The number of hydrogen-bond donors (Lipinski definition) is 1. The highest BCUT2D eigenvalue weighted by atomic mass is 79.9. The van der Waals surface area contributed by atoms with Gasteiger partial charge in [-0.2, -0.15) is 0 Å². The van der Waals surface area contributed by atoms with E-state index >= 15 is 0 Å². The number of nitrogens with two attached hydrogens (primary N) is 1. The number of nitro benzene ring substituents is 1. The fourth-order valence-electron chi connectivity index (χ4n) is 2.05. The molecule has 0 aromatic heterocycles. The van der Waals surface area contributed by atoms with Gasteiger partial charge in [0.25, 0.3) is 5.69 Å². The van der Waals surface area contributed by atoms with Gasteiger partial charge in [0.1, 0.15) is 17.5 Å². The monoisotopic (exact) mass is 343 g/mol. The second-order valence-corrected chi connectivity index (χ2v) is 5.52. The summed E-state index contributed by atoms with van der Waals surface area (Å²) in [4.78, 5) is 23.8. The van der Waals surface area contributed by atoms with Crippen LogP contribution in [-0.2, 0) is 4.79 Å². The minimum Gasteiger partial charge on any atom is -0.482 e. The molecule has 1 aliphatic heterocycles. The molecule has 0 spiro atoms. The van der Waals surface area contributed by atoms with Gasteiger partial charge in [0, 0.05) is 12.1 Å². The molecular formula is C12H14BrN3O4. The Balaban J connectivity index is 2.59. The molecular weight excluding hydrogens is 330 g/mol. The van der Waals surface area contributed by atoms with Crippen LogP contribution in [0.4, 0.5) is 11.4 Å². The standard InChI is InChI=1S/C12H14BrN3O4/c1-12(2)11(14)15(10(17)6-13)8-5-7(16(18)19)3-4-9(8)20-12/h3-5,11H,6,14H2,1-2H3. The molecule has 1 amide bonds. The number of nitrogens with zero attached hydrogens (tertiary/aromatic N) is 2. The van der Waals surface area contributed by atoms with Crippen LogP contribution in [0, 0.1) is 10.1 Å². The lowest BCUT2D eigenvalue weighted by Gasteiger charge is -2.44. The van der Waals surface area contributed by atoms with E-state index in [-0.39, 0.29) is 16.9 Å². The van der Waals surface area contributed by atoms with E-state index in [2.05, 4.69) is 15.9 Å². The third-order valence-corrected chi connectivity index (χ3v) is 3.64. The van der Waals surface area contributed by atoms with E-state index in [0.717, 1.165) is 0 Å². The summed E-state index contributed by atoms with van der Waals surface area (Å²) in [6.45, 7) is 3.52. The van der Waals surface area contributed by atoms with E-state index in [0.29, 0.717) is 11.4 Å². The van der Waals surface area contributed by atoms with E-state index in [4.69, 9.17) is 10.5 Å². The number of amides is 1. The number of alkyl halides is 1. The van der Waals surface area contributed by atoms with E-state index < -0.39 is 16.7 Å². The van der Waals surface area contributed by atoms with Gasteiger partial charge in [0.05, 0.1) is 15.9 Å². The van der Waals surface area contributed by atoms with Crippen LogP contribution in [0.15, 0.2) is 18.2 Å². The summed E-state index contributed by atoms with van der Waals surface area (Å²) < 4.78 is 5.73. The summed E-state index contributed by atoms with van der Waals surface area (Å²) in [5, 5.41) is 10.9. The summed E-state index contributed by atoms with van der Waals surface area (Å²) in [5.41, 5.74) is 5.47. The number of benzene rings is 1. The minimum absolute atomic E-state index is 0.0684. The number of ether oxygens (including phenoxy) is 1. The Morgan fingerprint density at radius 1 is 1.60 bits per heavy atom. The van der Waals surface area contributed by atoms with Gasteiger partial charge in [-0.3, -0.25) is 19.8 Å². The van der Waals surface area contributed by atoms with Crippen molar-refractivity contribution in [1.29, 1.82) is 0 Å². The van der Waals surface area contributed by atoms with Gasteiger partial charge in [-0.1, -0.05) is 15.9 Å². The molecule has 7 nitrogen and oxygen atoms in total. The Hall–Kier alpha value is -1.67. The van der Waals surface area contributed by atoms with Crippen molar-refractivity contribution in [1.82, 2.24) is 0 Å². The summed E-state index contributed by atoms with van der Waals surface area (Å²) in [6, 6.07) is 4.11. The van der Waals surface area contributed by atoms with Gasteiger partial charge < -0.3 is 10.5 Å². The van der Waals surface area contributed by atoms with Crippen molar-refractivity contribution in [3.63, 3.8) is 0 Å². The average Bonchev–Trinajstić information content (AvgIpc) is 2.38. The fourth-order valence-corrected chi connectivity index (χ4v) is 2.32. The molecule has 1 aliphatic rings. The molecule has 0 bridgehead atoms. The maximum atomic E-state index is 12.1. The third-order valence-electron chi connectivity index (χ3n) is 3.16. The van der Waals surface area contributed by atoms with Crippen molar-refractivity contribution in [3.05, 3.63) is 28.3 Å². The molecule has 1 aromatic rings. The van der Waals surface area contributed by atoms with Gasteiger partial charge in [-0.25, -0.2) is 0 Å². The van der Waals surface area contributed by atoms with Crippen LogP contribution in [0.2, 0.25) is 0 Å². The molecule has 2 rings (SSSR count). The van der Waals surface area contributed by atoms with Gasteiger partial charge in [-0.05, 0) is 19.9 Å². The molecule has 0 radical (unpaired) electrons. The second-order valence-electron chi connectivity index (χ2n) is 4.96. The molecule has 1 heterocycles. The second kappa shape index (κ2) is 5.02. The number of anilines is 1. The first-order valence-electron chi connectivity index (χ1n) is 5.89. The van der Waals surface area contributed by atoms with E-state index in [1.54, 1.807) is 13.8 Å². The summed E-state index contributed by atoms with van der Waals surface area (Å²) in [6.07, 6.45) is -0.734. The lowest BCUT2D eigenvalue weighted by molar-refractivity contribution is -0.384. The van der Waals surface area contributed by atoms with Crippen molar-refractivity contribution in [3.8, 4) is 5.75 Å². The highest BCUT2D eigenvalue weighted by Crippen LogP contribution is 2.41. The van der Waals surface area contributed by atoms with Gasteiger partial charge in [-0.15, -0.1) is 0 Å². The van der Waals surface area contributed by atoms with E-state index in [1.807, 2.05) is 0 Å². The minimum atomic E-state index is -0.791. The molecule has 8 heteroatoms. The SMILES string of the molecule is CC1(C)Oc2ccc([N+](=O)[O-])cc2N(C(=O)CBr)C1N. The molecule has 1 unspecified atom stereocenters. The molecule has 0 aliphatic carbocycles. The normalized spacial score (nSPS) is 20.0. The third kappa shape index (κ3) is 2.36. The number of fused-ring (bicyclic) bond motifs is 1. The predicted molar refractivity (Wildman–Crippen MR) is 77.1 cm³/mol. The Kier molecular flexibility index (Phi) is 3.70. The van der Waals surface area contributed by atoms with Crippen molar-refractivity contribution >= 4 is 33.2 Å². The smallest absolute Gasteiger partial charge is 0.271 e.